The van der Waals surface area contributed by atoms with Gasteiger partial charge in [0.1, 0.15) is 0 Å². The number of fused-ring (bicyclic) bond motifs is 1. The number of hydrogen-bond donors (Lipinski definition) is 3. The first-order valence-corrected chi connectivity index (χ1v) is 8.62. The number of hydrazine groups is 1. The Morgan fingerprint density at radius 1 is 0.963 bits per heavy atom. The summed E-state index contributed by atoms with van der Waals surface area (Å²) in [6.45, 7) is 4.26. The number of carbonyl (C=O) groups is 2. The third-order valence-electron chi connectivity index (χ3n) is 4.06. The average Bonchev–Trinajstić information content (AvgIpc) is 2.66. The molecule has 3 aromatic rings. The highest BCUT2D eigenvalue weighted by atomic mass is 16.2. The van der Waals surface area contributed by atoms with Crippen LogP contribution in [0.1, 0.15) is 40.3 Å². The van der Waals surface area contributed by atoms with Crippen LogP contribution in [0.4, 0.5) is 0 Å². The molecule has 0 aliphatic carbocycles. The number of nitrogens with zero attached hydrogens (tertiary/aromatic N) is 1. The lowest BCUT2D eigenvalue weighted by atomic mass is 10.0. The third-order valence-corrected chi connectivity index (χ3v) is 4.06. The molecule has 27 heavy (non-hydrogen) atoms. The highest BCUT2D eigenvalue weighted by molar-refractivity contribution is 6.05. The maximum Gasteiger partial charge on any atom is 0.290 e. The Morgan fingerprint density at radius 3 is 2.26 bits per heavy atom. The van der Waals surface area contributed by atoms with E-state index in [-0.39, 0.29) is 11.3 Å². The molecule has 0 aliphatic heterocycles. The smallest absolute Gasteiger partial charge is 0.267 e. The van der Waals surface area contributed by atoms with Gasteiger partial charge in [0, 0.05) is 10.9 Å². The number of benzene rings is 2. The second kappa shape index (κ2) is 7.82. The van der Waals surface area contributed by atoms with Crippen LogP contribution in [0.5, 0.6) is 0 Å². The Bertz CT molecular complexity index is 1040. The summed E-state index contributed by atoms with van der Waals surface area (Å²) in [7, 11) is 0. The fourth-order valence-electron chi connectivity index (χ4n) is 2.80. The molecule has 0 saturated carbocycles. The Labute approximate surface area is 155 Å². The van der Waals surface area contributed by atoms with Crippen molar-refractivity contribution in [2.45, 2.75) is 20.3 Å². The van der Waals surface area contributed by atoms with Crippen molar-refractivity contribution >= 4 is 22.6 Å². The SMILES string of the molecule is CC(C)Cc1ccc(C(=O)NNC(=O)c2n[nH]c(=O)c3ccccc23)cc1. The minimum absolute atomic E-state index is 0.0257. The number of aromatic amines is 1. The van der Waals surface area contributed by atoms with Crippen LogP contribution in [0.25, 0.3) is 10.8 Å². The lowest BCUT2D eigenvalue weighted by molar-refractivity contribution is 0.0844. The van der Waals surface area contributed by atoms with Crippen LogP contribution in [0.2, 0.25) is 0 Å². The molecule has 0 unspecified atom stereocenters. The van der Waals surface area contributed by atoms with Crippen LogP contribution in [-0.4, -0.2) is 22.0 Å². The quantitative estimate of drug-likeness (QED) is 0.617. The number of H-pyrrole nitrogens is 1. The molecule has 0 fully saturated rings. The highest BCUT2D eigenvalue weighted by Gasteiger charge is 2.15. The van der Waals surface area contributed by atoms with E-state index in [2.05, 4.69) is 34.9 Å². The van der Waals surface area contributed by atoms with Gasteiger partial charge in [-0.25, -0.2) is 5.10 Å². The summed E-state index contributed by atoms with van der Waals surface area (Å²) in [5.41, 5.74) is 5.92. The standard InChI is InChI=1S/C20H20N4O3/c1-12(2)11-13-7-9-14(10-8-13)18(25)22-24-20(27)17-15-5-3-4-6-16(15)19(26)23-21-17/h3-10,12H,11H2,1-2H3,(H,22,25)(H,23,26)(H,24,27). The van der Waals surface area contributed by atoms with E-state index in [4.69, 9.17) is 0 Å². The summed E-state index contributed by atoms with van der Waals surface area (Å²) in [5, 5.41) is 6.84. The van der Waals surface area contributed by atoms with Crippen LogP contribution in [0, 0.1) is 5.92 Å². The van der Waals surface area contributed by atoms with E-state index in [9.17, 15) is 14.4 Å². The van der Waals surface area contributed by atoms with Gasteiger partial charge in [0.25, 0.3) is 17.4 Å². The normalized spacial score (nSPS) is 10.8. The maximum absolute atomic E-state index is 12.4. The van der Waals surface area contributed by atoms with Gasteiger partial charge in [-0.05, 0) is 36.1 Å². The zero-order chi connectivity index (χ0) is 19.4. The molecule has 0 bridgehead atoms. The van der Waals surface area contributed by atoms with Crippen molar-refractivity contribution in [2.75, 3.05) is 0 Å². The second-order valence-corrected chi connectivity index (χ2v) is 6.65. The van der Waals surface area contributed by atoms with E-state index in [1.54, 1.807) is 36.4 Å². The molecule has 0 saturated heterocycles. The molecule has 3 N–H and O–H groups in total. The van der Waals surface area contributed by atoms with Crippen molar-refractivity contribution in [1.82, 2.24) is 21.0 Å². The van der Waals surface area contributed by atoms with Crippen molar-refractivity contribution in [3.63, 3.8) is 0 Å². The number of hydrogen-bond acceptors (Lipinski definition) is 4. The van der Waals surface area contributed by atoms with Crippen molar-refractivity contribution in [1.29, 1.82) is 0 Å². The molecule has 138 valence electrons. The van der Waals surface area contributed by atoms with Crippen LogP contribution in [-0.2, 0) is 6.42 Å². The molecule has 7 heteroatoms. The monoisotopic (exact) mass is 364 g/mol. The molecule has 0 atom stereocenters. The highest BCUT2D eigenvalue weighted by Crippen LogP contribution is 2.12. The average molecular weight is 364 g/mol. The van der Waals surface area contributed by atoms with E-state index in [1.165, 1.54) is 0 Å². The lowest BCUT2D eigenvalue weighted by Crippen LogP contribution is -2.42. The van der Waals surface area contributed by atoms with E-state index in [1.807, 2.05) is 12.1 Å². The first kappa shape index (κ1) is 18.3. The summed E-state index contributed by atoms with van der Waals surface area (Å²) in [4.78, 5) is 36.4. The van der Waals surface area contributed by atoms with Gasteiger partial charge in [0.15, 0.2) is 5.69 Å². The first-order valence-electron chi connectivity index (χ1n) is 8.62. The largest absolute Gasteiger partial charge is 0.290 e. The molecule has 1 heterocycles. The minimum Gasteiger partial charge on any atom is -0.267 e. The maximum atomic E-state index is 12.4. The van der Waals surface area contributed by atoms with Crippen LogP contribution in [0.3, 0.4) is 0 Å². The summed E-state index contributed by atoms with van der Waals surface area (Å²) >= 11 is 0. The molecular formula is C20H20N4O3. The van der Waals surface area contributed by atoms with Crippen molar-refractivity contribution < 1.29 is 9.59 Å². The summed E-state index contributed by atoms with van der Waals surface area (Å²) < 4.78 is 0. The minimum atomic E-state index is -0.618. The molecule has 2 amide bonds. The van der Waals surface area contributed by atoms with Crippen molar-refractivity contribution in [3.8, 4) is 0 Å². The Kier molecular flexibility index (Phi) is 5.30. The number of rotatable bonds is 4. The molecule has 0 aliphatic rings. The summed E-state index contributed by atoms with van der Waals surface area (Å²) in [6.07, 6.45) is 0.934. The molecule has 2 aromatic carbocycles. The lowest BCUT2D eigenvalue weighted by Gasteiger charge is -2.09. The topological polar surface area (TPSA) is 104 Å². The third kappa shape index (κ3) is 4.20. The predicted molar refractivity (Wildman–Crippen MR) is 102 cm³/mol. The van der Waals surface area contributed by atoms with Crippen molar-refractivity contribution in [2.24, 2.45) is 5.92 Å². The van der Waals surface area contributed by atoms with Gasteiger partial charge in [-0.3, -0.25) is 25.2 Å². The molecule has 0 radical (unpaired) electrons. The van der Waals surface area contributed by atoms with Crippen LogP contribution in [0.15, 0.2) is 53.3 Å². The van der Waals surface area contributed by atoms with E-state index in [0.717, 1.165) is 12.0 Å². The van der Waals surface area contributed by atoms with Gasteiger partial charge in [-0.15, -0.1) is 0 Å². The number of aromatic nitrogens is 2. The molecule has 7 nitrogen and oxygen atoms in total. The molecule has 1 aromatic heterocycles. The Balaban J connectivity index is 1.70. The molecule has 3 rings (SSSR count). The van der Waals surface area contributed by atoms with Gasteiger partial charge in [-0.1, -0.05) is 44.2 Å². The fourth-order valence-corrected chi connectivity index (χ4v) is 2.80. The molecular weight excluding hydrogens is 344 g/mol. The number of amides is 2. The van der Waals surface area contributed by atoms with Gasteiger partial charge in [0.05, 0.1) is 5.39 Å². The number of nitrogens with one attached hydrogen (secondary N) is 3. The fraction of sp³-hybridized carbons (Fsp3) is 0.200. The van der Waals surface area contributed by atoms with Crippen molar-refractivity contribution in [3.05, 3.63) is 75.7 Å². The zero-order valence-electron chi connectivity index (χ0n) is 15.1. The van der Waals surface area contributed by atoms with E-state index < -0.39 is 11.8 Å². The van der Waals surface area contributed by atoms with Crippen LogP contribution >= 0.6 is 0 Å². The summed E-state index contributed by atoms with van der Waals surface area (Å²) in [6, 6.07) is 13.9. The Morgan fingerprint density at radius 2 is 1.59 bits per heavy atom. The van der Waals surface area contributed by atoms with Gasteiger partial charge in [0.2, 0.25) is 0 Å². The Hall–Kier alpha value is -3.48. The summed E-state index contributed by atoms with van der Waals surface area (Å²) in [5.74, 6) is -0.524. The predicted octanol–water partition coefficient (Wildman–Crippen LogP) is 2.20. The van der Waals surface area contributed by atoms with E-state index in [0.29, 0.717) is 22.3 Å². The first-order chi connectivity index (χ1) is 13.0. The van der Waals surface area contributed by atoms with Gasteiger partial charge < -0.3 is 0 Å². The number of carbonyl (C=O) groups excluding carboxylic acids is 2. The van der Waals surface area contributed by atoms with E-state index >= 15 is 0 Å². The second-order valence-electron chi connectivity index (χ2n) is 6.65. The zero-order valence-corrected chi connectivity index (χ0v) is 15.1. The van der Waals surface area contributed by atoms with Gasteiger partial charge >= 0.3 is 0 Å². The molecule has 0 spiro atoms. The van der Waals surface area contributed by atoms with Gasteiger partial charge in [-0.2, -0.15) is 5.10 Å². The van der Waals surface area contributed by atoms with Crippen LogP contribution < -0.4 is 16.4 Å².